The van der Waals surface area contributed by atoms with Crippen LogP contribution in [0.1, 0.15) is 12.0 Å². The molecule has 0 bridgehead atoms. The van der Waals surface area contributed by atoms with E-state index < -0.39 is 5.97 Å². The van der Waals surface area contributed by atoms with Gasteiger partial charge in [0.05, 0.1) is 18.8 Å². The second kappa shape index (κ2) is 8.59. The fourth-order valence-corrected chi connectivity index (χ4v) is 2.36. The zero-order valence-electron chi connectivity index (χ0n) is 14.3. The van der Waals surface area contributed by atoms with E-state index in [1.807, 2.05) is 36.3 Å². The Balaban J connectivity index is 1.62. The maximum atomic E-state index is 12.1. The summed E-state index contributed by atoms with van der Waals surface area (Å²) in [6.45, 7) is 0.877. The highest BCUT2D eigenvalue weighted by Crippen LogP contribution is 2.25. The highest BCUT2D eigenvalue weighted by Gasteiger charge is 2.12. The maximum absolute atomic E-state index is 12.1. The first kappa shape index (κ1) is 18.1. The Morgan fingerprint density at radius 3 is 2.59 bits per heavy atom. The Morgan fingerprint density at radius 1 is 1.04 bits per heavy atom. The molecule has 0 saturated carbocycles. The minimum absolute atomic E-state index is 0.255. The molecule has 27 heavy (non-hydrogen) atoms. The number of para-hydroxylation sites is 1. The third-order valence-corrected chi connectivity index (χ3v) is 3.56. The molecule has 0 fully saturated rings. The average Bonchev–Trinajstić information content (AvgIpc) is 2.67. The predicted molar refractivity (Wildman–Crippen MR) is 98.2 cm³/mol. The van der Waals surface area contributed by atoms with E-state index in [4.69, 9.17) is 19.0 Å². The van der Waals surface area contributed by atoms with Crippen LogP contribution < -0.4 is 14.9 Å². The molecular formula is C21H16O6. The molecule has 0 saturated heterocycles. The van der Waals surface area contributed by atoms with Crippen molar-refractivity contribution in [2.45, 2.75) is 6.42 Å². The molecule has 0 atom stereocenters. The molecule has 3 rings (SSSR count). The summed E-state index contributed by atoms with van der Waals surface area (Å²) in [5.74, 6) is 4.45. The summed E-state index contributed by atoms with van der Waals surface area (Å²) in [6, 6.07) is 15.4. The highest BCUT2D eigenvalue weighted by atomic mass is 16.6. The monoisotopic (exact) mass is 364 g/mol. The number of aliphatic carboxylic acids is 1. The topological polar surface area (TPSA) is 86.0 Å². The van der Waals surface area contributed by atoms with E-state index in [0.717, 1.165) is 5.75 Å². The number of carboxylic acid groups (broad SMARTS) is 1. The molecule has 0 amide bonds. The largest absolute Gasteiger partial charge is 0.493 e. The number of hydrogen-bond acceptors (Lipinski definition) is 5. The molecule has 0 spiro atoms. The molecule has 1 aromatic rings. The summed E-state index contributed by atoms with van der Waals surface area (Å²) in [4.78, 5) is 22.6. The summed E-state index contributed by atoms with van der Waals surface area (Å²) >= 11 is 0. The molecule has 1 aliphatic carbocycles. The van der Waals surface area contributed by atoms with Gasteiger partial charge >= 0.3 is 5.97 Å². The summed E-state index contributed by atoms with van der Waals surface area (Å²) in [6.07, 6.45) is 0.652. The van der Waals surface area contributed by atoms with Crippen LogP contribution in [-0.2, 0) is 4.79 Å². The van der Waals surface area contributed by atoms with E-state index in [1.54, 1.807) is 12.1 Å². The third kappa shape index (κ3) is 5.13. The van der Waals surface area contributed by atoms with Gasteiger partial charge in [-0.2, -0.15) is 0 Å². The highest BCUT2D eigenvalue weighted by molar-refractivity contribution is 5.87. The van der Waals surface area contributed by atoms with Crippen molar-refractivity contribution >= 4 is 5.97 Å². The molecule has 6 nitrogen and oxygen atoms in total. The summed E-state index contributed by atoms with van der Waals surface area (Å²) in [5.41, 5.74) is 0.344. The zero-order valence-corrected chi connectivity index (χ0v) is 14.3. The average molecular weight is 364 g/mol. The van der Waals surface area contributed by atoms with E-state index in [1.165, 1.54) is 12.1 Å². The van der Waals surface area contributed by atoms with Crippen molar-refractivity contribution in [3.63, 3.8) is 0 Å². The quantitative estimate of drug-likeness (QED) is 0.534. The van der Waals surface area contributed by atoms with Gasteiger partial charge in [0.2, 0.25) is 0 Å². The van der Waals surface area contributed by atoms with E-state index in [-0.39, 0.29) is 22.7 Å². The normalized spacial score (nSPS) is 10.1. The zero-order chi connectivity index (χ0) is 19.1. The lowest BCUT2D eigenvalue weighted by Crippen LogP contribution is -2.07. The maximum Gasteiger partial charge on any atom is 0.382 e. The van der Waals surface area contributed by atoms with Gasteiger partial charge in [-0.3, -0.25) is 4.79 Å². The van der Waals surface area contributed by atoms with Crippen molar-refractivity contribution < 1.29 is 23.8 Å². The van der Waals surface area contributed by atoms with Crippen molar-refractivity contribution in [1.82, 2.24) is 0 Å². The van der Waals surface area contributed by atoms with E-state index in [0.29, 0.717) is 25.2 Å². The van der Waals surface area contributed by atoms with Crippen molar-refractivity contribution in [1.29, 1.82) is 0 Å². The Morgan fingerprint density at radius 2 is 1.81 bits per heavy atom. The van der Waals surface area contributed by atoms with Crippen LogP contribution in [0.25, 0.3) is 11.3 Å². The van der Waals surface area contributed by atoms with Gasteiger partial charge in [-0.25, -0.2) is 4.79 Å². The predicted octanol–water partition coefficient (Wildman–Crippen LogP) is 3.03. The van der Waals surface area contributed by atoms with Gasteiger partial charge in [0, 0.05) is 30.0 Å². The standard InChI is InChI=1S/C21H16O6/c22-18-13-15(7-9-20(23)24)14-19-17(18)8-10-21(27-19)26-12-4-11-25-16-5-2-1-3-6-16/h1-3,5-6,8,10,13-14H,4,11-12H2,(H,23,24). The number of ether oxygens (including phenoxy) is 2. The lowest BCUT2D eigenvalue weighted by molar-refractivity contribution is -0.130. The lowest BCUT2D eigenvalue weighted by Gasteiger charge is -2.09. The minimum Gasteiger partial charge on any atom is -0.493 e. The Labute approximate surface area is 155 Å². The molecule has 1 heterocycles. The second-order valence-electron chi connectivity index (χ2n) is 5.56. The first-order valence-corrected chi connectivity index (χ1v) is 8.25. The molecule has 1 N–H and O–H groups in total. The van der Waals surface area contributed by atoms with Gasteiger partial charge in [-0.1, -0.05) is 24.1 Å². The van der Waals surface area contributed by atoms with Crippen LogP contribution in [0.15, 0.2) is 63.8 Å². The van der Waals surface area contributed by atoms with Crippen LogP contribution in [0.4, 0.5) is 0 Å². The molecule has 136 valence electrons. The van der Waals surface area contributed by atoms with Gasteiger partial charge in [-0.15, -0.1) is 0 Å². The van der Waals surface area contributed by atoms with Crippen LogP contribution in [0.2, 0.25) is 0 Å². The molecule has 1 aliphatic heterocycles. The van der Waals surface area contributed by atoms with Crippen LogP contribution in [0.3, 0.4) is 0 Å². The van der Waals surface area contributed by atoms with E-state index in [2.05, 4.69) is 5.92 Å². The minimum atomic E-state index is -1.27. The molecule has 0 aromatic heterocycles. The second-order valence-corrected chi connectivity index (χ2v) is 5.56. The number of rotatable bonds is 6. The van der Waals surface area contributed by atoms with Crippen molar-refractivity contribution in [3.8, 4) is 34.9 Å². The first-order valence-electron chi connectivity index (χ1n) is 8.25. The summed E-state index contributed by atoms with van der Waals surface area (Å²) < 4.78 is 16.7. The number of fused-ring (bicyclic) bond motifs is 1. The first-order chi connectivity index (χ1) is 13.1. The SMILES string of the molecule is O=C(O)C#Cc1cc2oc(OCCCOc3ccccc3)ccc-2c(=O)c1. The van der Waals surface area contributed by atoms with Gasteiger partial charge in [0.25, 0.3) is 5.95 Å². The van der Waals surface area contributed by atoms with Gasteiger partial charge in [-0.05, 0) is 24.3 Å². The number of carbonyl (C=O) groups is 1. The fraction of sp³-hybridized carbons (Fsp3) is 0.143. The van der Waals surface area contributed by atoms with Gasteiger partial charge < -0.3 is 19.0 Å². The molecule has 0 radical (unpaired) electrons. The molecule has 0 unspecified atom stereocenters. The molecule has 6 heteroatoms. The number of carboxylic acids is 1. The van der Waals surface area contributed by atoms with E-state index >= 15 is 0 Å². The number of hydrogen-bond donors (Lipinski definition) is 1. The van der Waals surface area contributed by atoms with Crippen LogP contribution >= 0.6 is 0 Å². The van der Waals surface area contributed by atoms with Crippen molar-refractivity contribution in [2.75, 3.05) is 13.2 Å². The summed E-state index contributed by atoms with van der Waals surface area (Å²) in [7, 11) is 0. The third-order valence-electron chi connectivity index (χ3n) is 3.56. The van der Waals surface area contributed by atoms with Crippen LogP contribution in [0, 0.1) is 11.8 Å². The molecule has 2 aliphatic rings. The lowest BCUT2D eigenvalue weighted by atomic mass is 10.1. The molecule has 1 aromatic carbocycles. The number of benzene rings is 2. The summed E-state index contributed by atoms with van der Waals surface area (Å²) in [5, 5.41) is 8.61. The van der Waals surface area contributed by atoms with Gasteiger partial charge in [0.1, 0.15) is 11.5 Å². The fourth-order valence-electron chi connectivity index (χ4n) is 2.36. The van der Waals surface area contributed by atoms with Crippen LogP contribution in [0.5, 0.6) is 11.7 Å². The smallest absolute Gasteiger partial charge is 0.382 e. The van der Waals surface area contributed by atoms with E-state index in [9.17, 15) is 9.59 Å². The van der Waals surface area contributed by atoms with Crippen molar-refractivity contribution in [2.24, 2.45) is 0 Å². The Bertz CT molecular complexity index is 1010. The Kier molecular flexibility index (Phi) is 5.75. The molecular weight excluding hydrogens is 348 g/mol. The van der Waals surface area contributed by atoms with Crippen LogP contribution in [-0.4, -0.2) is 24.3 Å². The van der Waals surface area contributed by atoms with Gasteiger partial charge in [0.15, 0.2) is 5.43 Å². The Hall–Kier alpha value is -3.72. The van der Waals surface area contributed by atoms with Crippen molar-refractivity contribution in [3.05, 3.63) is 70.4 Å².